The van der Waals surface area contributed by atoms with Gasteiger partial charge in [0.15, 0.2) is 11.4 Å². The maximum Gasteiger partial charge on any atom is 0.509 e. The highest BCUT2D eigenvalue weighted by Crippen LogP contribution is 2.72. The van der Waals surface area contributed by atoms with E-state index in [2.05, 4.69) is 0 Å². The average Bonchev–Trinajstić information content (AvgIpc) is 3.04. The highest BCUT2D eigenvalue weighted by molar-refractivity contribution is 7.86. The van der Waals surface area contributed by atoms with Crippen molar-refractivity contribution >= 4 is 39.4 Å². The molecule has 0 aromatic rings. The molecule has 4 aliphatic rings. The van der Waals surface area contributed by atoms with Gasteiger partial charge in [0.1, 0.15) is 6.61 Å². The number of fused-ring (bicyclic) bond motifs is 5. The van der Waals surface area contributed by atoms with Gasteiger partial charge in [-0.05, 0) is 56.1 Å². The van der Waals surface area contributed by atoms with E-state index >= 15 is 0 Å². The van der Waals surface area contributed by atoms with Crippen molar-refractivity contribution in [3.8, 4) is 0 Å². The van der Waals surface area contributed by atoms with Gasteiger partial charge in [0.05, 0.1) is 23.8 Å². The Balaban J connectivity index is 1.80. The fourth-order valence-electron chi connectivity index (χ4n) is 8.01. The molecule has 3 saturated carbocycles. The number of halogens is 1. The molecule has 212 valence electrons. The summed E-state index contributed by atoms with van der Waals surface area (Å²) in [5, 5.41) is 11.8. The van der Waals surface area contributed by atoms with Gasteiger partial charge in [-0.2, -0.15) is 8.42 Å². The van der Waals surface area contributed by atoms with Crippen LogP contribution in [0.3, 0.4) is 0 Å². The third-order valence-electron chi connectivity index (χ3n) is 9.67. The molecule has 1 N–H and O–H groups in total. The number of carbonyl (C=O) groups is 3. The third kappa shape index (κ3) is 4.17. The van der Waals surface area contributed by atoms with Crippen LogP contribution in [0.15, 0.2) is 23.8 Å². The first-order valence-corrected chi connectivity index (χ1v) is 15.3. The predicted octanol–water partition coefficient (Wildman–Crippen LogP) is 3.72. The number of Topliss-reactive ketones (excluding diaryl/α,β-unsaturated/α-hetero) is 1. The van der Waals surface area contributed by atoms with Crippen LogP contribution >= 0.6 is 11.6 Å². The SMILES string of the molecule is CCCOC(=O)O[C@]1(C(=O)COS(C)(=O)=O)[C@H](C)C[C@H]2[C@@H]3CCC4=CC(=O)C=C[C@]4(C)[C@@]3(Cl)C(O)C[C@@]21C. The number of alkyl halides is 1. The van der Waals surface area contributed by atoms with Gasteiger partial charge in [0, 0.05) is 16.7 Å². The van der Waals surface area contributed by atoms with Crippen LogP contribution in [0.1, 0.15) is 59.8 Å². The molecule has 38 heavy (non-hydrogen) atoms. The highest BCUT2D eigenvalue weighted by Gasteiger charge is 2.76. The van der Waals surface area contributed by atoms with Crippen molar-refractivity contribution in [3.63, 3.8) is 0 Å². The molecular formula is C27H37ClO9S. The largest absolute Gasteiger partial charge is 0.509 e. The number of allylic oxidation sites excluding steroid dienone is 4. The van der Waals surface area contributed by atoms with Crippen LogP contribution in [0.4, 0.5) is 4.79 Å². The number of aliphatic hydroxyl groups is 1. The predicted molar refractivity (Wildman–Crippen MR) is 139 cm³/mol. The fourth-order valence-corrected chi connectivity index (χ4v) is 8.86. The summed E-state index contributed by atoms with van der Waals surface area (Å²) in [7, 11) is -3.95. The maximum absolute atomic E-state index is 13.9. The van der Waals surface area contributed by atoms with Crippen LogP contribution in [-0.2, 0) is 33.4 Å². The molecule has 0 spiro atoms. The Bertz CT molecular complexity index is 1190. The number of hydrogen-bond donors (Lipinski definition) is 1. The van der Waals surface area contributed by atoms with E-state index in [0.717, 1.165) is 11.8 Å². The van der Waals surface area contributed by atoms with Gasteiger partial charge in [0.25, 0.3) is 10.1 Å². The molecular weight excluding hydrogens is 536 g/mol. The average molecular weight is 573 g/mol. The summed E-state index contributed by atoms with van der Waals surface area (Å²) in [6.07, 6.45) is 5.72. The normalized spacial score (nSPS) is 42.0. The van der Waals surface area contributed by atoms with E-state index in [1.807, 2.05) is 13.8 Å². The molecule has 0 amide bonds. The molecule has 0 aromatic heterocycles. The summed E-state index contributed by atoms with van der Waals surface area (Å²) in [6, 6.07) is 0. The Morgan fingerprint density at radius 3 is 2.55 bits per heavy atom. The summed E-state index contributed by atoms with van der Waals surface area (Å²) >= 11 is 7.46. The van der Waals surface area contributed by atoms with E-state index in [0.29, 0.717) is 25.7 Å². The zero-order chi connectivity index (χ0) is 28.3. The molecule has 9 nitrogen and oxygen atoms in total. The lowest BCUT2D eigenvalue weighted by atomic mass is 9.45. The molecule has 0 saturated heterocycles. The molecule has 0 bridgehead atoms. The number of ketones is 2. The second-order valence-corrected chi connectivity index (χ2v) is 14.0. The lowest BCUT2D eigenvalue weighted by Crippen LogP contribution is -2.69. The Hall–Kier alpha value is -1.75. The molecule has 1 unspecified atom stereocenters. The highest BCUT2D eigenvalue weighted by atomic mass is 35.5. The van der Waals surface area contributed by atoms with Gasteiger partial charge in [0.2, 0.25) is 5.78 Å². The summed E-state index contributed by atoms with van der Waals surface area (Å²) in [4.78, 5) is 37.7. The zero-order valence-electron chi connectivity index (χ0n) is 22.5. The smallest absolute Gasteiger partial charge is 0.434 e. The Kier molecular flexibility index (Phi) is 7.47. The summed E-state index contributed by atoms with van der Waals surface area (Å²) in [5.74, 6) is -1.91. The van der Waals surface area contributed by atoms with Gasteiger partial charge in [-0.1, -0.05) is 39.3 Å². The van der Waals surface area contributed by atoms with Crippen LogP contribution < -0.4 is 0 Å². The van der Waals surface area contributed by atoms with E-state index in [-0.39, 0.29) is 30.6 Å². The molecule has 4 rings (SSSR count). The quantitative estimate of drug-likeness (QED) is 0.275. The van der Waals surface area contributed by atoms with Crippen molar-refractivity contribution in [1.29, 1.82) is 0 Å². The number of hydrogen-bond acceptors (Lipinski definition) is 9. The van der Waals surface area contributed by atoms with E-state index in [4.69, 9.17) is 25.3 Å². The minimum atomic E-state index is -3.95. The van der Waals surface area contributed by atoms with E-state index < -0.39 is 62.0 Å². The number of rotatable bonds is 7. The first-order valence-electron chi connectivity index (χ1n) is 13.1. The molecule has 8 atom stereocenters. The van der Waals surface area contributed by atoms with Gasteiger partial charge < -0.3 is 14.6 Å². The molecule has 0 aliphatic heterocycles. The molecule has 0 aromatic carbocycles. The summed E-state index contributed by atoms with van der Waals surface area (Å²) < 4.78 is 39.4. The first-order chi connectivity index (χ1) is 17.6. The Labute approximate surface area is 229 Å². The first kappa shape index (κ1) is 29.2. The van der Waals surface area contributed by atoms with Crippen molar-refractivity contribution in [2.45, 2.75) is 76.4 Å². The van der Waals surface area contributed by atoms with Crippen molar-refractivity contribution in [2.24, 2.45) is 28.6 Å². The van der Waals surface area contributed by atoms with Gasteiger partial charge >= 0.3 is 6.16 Å². The maximum atomic E-state index is 13.9. The molecule has 0 heterocycles. The minimum Gasteiger partial charge on any atom is -0.434 e. The number of ether oxygens (including phenoxy) is 2. The topological polar surface area (TPSA) is 133 Å². The summed E-state index contributed by atoms with van der Waals surface area (Å²) in [5.41, 5.74) is -2.82. The van der Waals surface area contributed by atoms with Crippen LogP contribution in [0, 0.1) is 28.6 Å². The van der Waals surface area contributed by atoms with E-state index in [1.54, 1.807) is 26.0 Å². The van der Waals surface area contributed by atoms with Crippen molar-refractivity contribution in [1.82, 2.24) is 0 Å². The van der Waals surface area contributed by atoms with Crippen molar-refractivity contribution in [3.05, 3.63) is 23.8 Å². The third-order valence-corrected chi connectivity index (χ3v) is 11.1. The number of aliphatic hydroxyl groups excluding tert-OH is 1. The minimum absolute atomic E-state index is 0.0122. The standard InChI is InChI=1S/C27H37ClO9S/c1-6-11-35-23(32)37-27(22(31)15-36-38(5,33)34)16(2)12-20-19-8-7-17-13-18(29)9-10-24(17,3)26(19,28)21(30)14-25(20,27)4/h9-10,13,16,19-21,30H,6-8,11-12,14-15H2,1-5H3/t16-,19+,20+,21?,24+,25+,26+,27+/m1/s1. The zero-order valence-corrected chi connectivity index (χ0v) is 24.1. The number of carbonyl (C=O) groups excluding carboxylic acids is 3. The second kappa shape index (κ2) is 9.71. The van der Waals surface area contributed by atoms with Crippen LogP contribution in [0.25, 0.3) is 0 Å². The molecule has 0 radical (unpaired) electrons. The molecule has 11 heteroatoms. The molecule has 3 fully saturated rings. The van der Waals surface area contributed by atoms with Crippen LogP contribution in [-0.4, -0.2) is 67.3 Å². The lowest BCUT2D eigenvalue weighted by molar-refractivity contribution is -0.184. The van der Waals surface area contributed by atoms with Crippen LogP contribution in [0.2, 0.25) is 0 Å². The van der Waals surface area contributed by atoms with E-state index in [1.165, 1.54) is 6.08 Å². The van der Waals surface area contributed by atoms with Crippen molar-refractivity contribution in [2.75, 3.05) is 19.5 Å². The van der Waals surface area contributed by atoms with Crippen molar-refractivity contribution < 1.29 is 41.6 Å². The fraction of sp³-hybridized carbons (Fsp3) is 0.741. The van der Waals surface area contributed by atoms with Gasteiger partial charge in [-0.25, -0.2) is 4.79 Å². The lowest BCUT2D eigenvalue weighted by Gasteiger charge is -2.64. The molecule has 4 aliphatic carbocycles. The second-order valence-electron chi connectivity index (χ2n) is 11.7. The van der Waals surface area contributed by atoms with Gasteiger partial charge in [-0.15, -0.1) is 11.6 Å². The monoisotopic (exact) mass is 572 g/mol. The van der Waals surface area contributed by atoms with Gasteiger partial charge in [-0.3, -0.25) is 13.8 Å². The Morgan fingerprint density at radius 1 is 1.24 bits per heavy atom. The van der Waals surface area contributed by atoms with E-state index in [9.17, 15) is 27.9 Å². The Morgan fingerprint density at radius 2 is 1.92 bits per heavy atom. The van der Waals surface area contributed by atoms with Crippen LogP contribution in [0.5, 0.6) is 0 Å². The summed E-state index contributed by atoms with van der Waals surface area (Å²) in [6.45, 7) is 6.62.